The van der Waals surface area contributed by atoms with Crippen LogP contribution < -0.4 is 0 Å². The summed E-state index contributed by atoms with van der Waals surface area (Å²) >= 11 is 0. The second-order valence-corrected chi connectivity index (χ2v) is 2.39. The molecule has 1 aliphatic rings. The number of ether oxygens (including phenoxy) is 1. The molecule has 0 saturated heterocycles. The van der Waals surface area contributed by atoms with Gasteiger partial charge in [0.2, 0.25) is 0 Å². The minimum absolute atomic E-state index is 0.433. The summed E-state index contributed by atoms with van der Waals surface area (Å²) in [5, 5.41) is 0. The van der Waals surface area contributed by atoms with E-state index in [1.54, 1.807) is 0 Å². The molecule has 0 aliphatic heterocycles. The van der Waals surface area contributed by atoms with Crippen molar-refractivity contribution in [1.29, 1.82) is 0 Å². The summed E-state index contributed by atoms with van der Waals surface area (Å²) in [6, 6.07) is 0. The third-order valence-corrected chi connectivity index (χ3v) is 1.55. The number of methoxy groups -OCH3 is 1. The highest BCUT2D eigenvalue weighted by atomic mass is 19.3. The molecule has 2 nitrogen and oxygen atoms in total. The number of esters is 1. The second kappa shape index (κ2) is 2.18. The lowest BCUT2D eigenvalue weighted by Crippen LogP contribution is -2.31. The summed E-state index contributed by atoms with van der Waals surface area (Å²) < 4.78 is 29.0. The lowest BCUT2D eigenvalue weighted by molar-refractivity contribution is -0.171. The molecule has 0 amide bonds. The van der Waals surface area contributed by atoms with E-state index in [4.69, 9.17) is 0 Å². The van der Waals surface area contributed by atoms with E-state index in [1.807, 2.05) is 0 Å². The van der Waals surface area contributed by atoms with Crippen LogP contribution in [0.25, 0.3) is 0 Å². The first-order chi connectivity index (χ1) is 4.59. The number of rotatable bonds is 2. The molecule has 1 rings (SSSR count). The van der Waals surface area contributed by atoms with Gasteiger partial charge >= 0.3 is 11.9 Å². The number of alkyl halides is 2. The molecule has 0 unspecified atom stereocenters. The molecule has 1 saturated carbocycles. The molecule has 1 fully saturated rings. The number of carbonyl (C=O) groups is 1. The lowest BCUT2D eigenvalue weighted by atomic mass is 10.2. The van der Waals surface area contributed by atoms with E-state index >= 15 is 0 Å². The average molecular weight is 150 g/mol. The standard InChI is InChI=1S/C6H8F2O2/c1-10-5(9)6(7,8)4-2-3-4/h4H,2-3H2,1H3. The van der Waals surface area contributed by atoms with Crippen LogP contribution in [0.5, 0.6) is 0 Å². The molecular weight excluding hydrogens is 142 g/mol. The molecule has 0 atom stereocenters. The first-order valence-corrected chi connectivity index (χ1v) is 3.05. The van der Waals surface area contributed by atoms with E-state index in [2.05, 4.69) is 4.74 Å². The van der Waals surface area contributed by atoms with Gasteiger partial charge in [0.05, 0.1) is 7.11 Å². The Morgan fingerprint density at radius 3 is 2.40 bits per heavy atom. The van der Waals surface area contributed by atoms with Gasteiger partial charge < -0.3 is 4.74 Å². The zero-order valence-corrected chi connectivity index (χ0v) is 5.56. The summed E-state index contributed by atoms with van der Waals surface area (Å²) in [6.07, 6.45) is 0.865. The molecular formula is C6H8F2O2. The molecule has 0 aromatic carbocycles. The number of halogens is 2. The fraction of sp³-hybridized carbons (Fsp3) is 0.833. The van der Waals surface area contributed by atoms with Gasteiger partial charge in [-0.15, -0.1) is 0 Å². The topological polar surface area (TPSA) is 26.3 Å². The third-order valence-electron chi connectivity index (χ3n) is 1.55. The first kappa shape index (κ1) is 7.44. The molecule has 10 heavy (non-hydrogen) atoms. The van der Waals surface area contributed by atoms with Crippen LogP contribution in [0.2, 0.25) is 0 Å². The fourth-order valence-corrected chi connectivity index (χ4v) is 0.749. The number of carbonyl (C=O) groups excluding carboxylic acids is 1. The average Bonchev–Trinajstić information content (AvgIpc) is 2.66. The van der Waals surface area contributed by atoms with Crippen molar-refractivity contribution in [2.24, 2.45) is 5.92 Å². The molecule has 0 N–H and O–H groups in total. The van der Waals surface area contributed by atoms with Crippen molar-refractivity contribution in [1.82, 2.24) is 0 Å². The van der Waals surface area contributed by atoms with Gasteiger partial charge in [-0.05, 0) is 12.8 Å². The maximum absolute atomic E-state index is 12.5. The van der Waals surface area contributed by atoms with Crippen molar-refractivity contribution in [2.75, 3.05) is 7.11 Å². The highest BCUT2D eigenvalue weighted by Gasteiger charge is 2.53. The van der Waals surface area contributed by atoms with Crippen molar-refractivity contribution in [3.8, 4) is 0 Å². The third kappa shape index (κ3) is 1.10. The molecule has 1 aliphatic carbocycles. The second-order valence-electron chi connectivity index (χ2n) is 2.39. The lowest BCUT2D eigenvalue weighted by Gasteiger charge is -2.10. The van der Waals surface area contributed by atoms with Crippen LogP contribution in [0.15, 0.2) is 0 Å². The molecule has 0 aromatic heterocycles. The van der Waals surface area contributed by atoms with Gasteiger partial charge in [0.15, 0.2) is 0 Å². The van der Waals surface area contributed by atoms with Crippen molar-refractivity contribution >= 4 is 5.97 Å². The summed E-state index contributed by atoms with van der Waals surface area (Å²) in [6.45, 7) is 0. The Morgan fingerprint density at radius 2 is 2.10 bits per heavy atom. The van der Waals surface area contributed by atoms with Crippen LogP contribution in [-0.4, -0.2) is 19.0 Å². The van der Waals surface area contributed by atoms with Gasteiger partial charge in [-0.25, -0.2) is 4.79 Å². The quantitative estimate of drug-likeness (QED) is 0.553. The van der Waals surface area contributed by atoms with Crippen molar-refractivity contribution < 1.29 is 18.3 Å². The van der Waals surface area contributed by atoms with Crippen LogP contribution in [0, 0.1) is 5.92 Å². The van der Waals surface area contributed by atoms with Crippen LogP contribution in [0.4, 0.5) is 8.78 Å². The summed E-state index contributed by atoms with van der Waals surface area (Å²) in [5.41, 5.74) is 0. The summed E-state index contributed by atoms with van der Waals surface area (Å²) in [7, 11) is 0.971. The minimum Gasteiger partial charge on any atom is -0.465 e. The molecule has 58 valence electrons. The maximum atomic E-state index is 12.5. The van der Waals surface area contributed by atoms with E-state index in [0.29, 0.717) is 12.8 Å². The normalized spacial score (nSPS) is 18.7. The van der Waals surface area contributed by atoms with Gasteiger partial charge in [0.25, 0.3) is 0 Å². The van der Waals surface area contributed by atoms with E-state index in [1.165, 1.54) is 0 Å². The van der Waals surface area contributed by atoms with E-state index < -0.39 is 17.8 Å². The zero-order valence-electron chi connectivity index (χ0n) is 5.56. The molecule has 0 spiro atoms. The van der Waals surface area contributed by atoms with Gasteiger partial charge in [-0.2, -0.15) is 8.78 Å². The Bertz CT molecular complexity index is 152. The predicted octanol–water partition coefficient (Wildman–Crippen LogP) is 1.20. The molecule has 0 bridgehead atoms. The minimum atomic E-state index is -3.24. The Labute approximate surface area is 57.2 Å². The van der Waals surface area contributed by atoms with E-state index in [9.17, 15) is 13.6 Å². The molecule has 0 heterocycles. The monoisotopic (exact) mass is 150 g/mol. The van der Waals surface area contributed by atoms with Gasteiger partial charge in [-0.1, -0.05) is 0 Å². The Kier molecular flexibility index (Phi) is 1.62. The Hall–Kier alpha value is -0.670. The van der Waals surface area contributed by atoms with Gasteiger partial charge in [0.1, 0.15) is 0 Å². The summed E-state index contributed by atoms with van der Waals surface area (Å²) in [4.78, 5) is 10.3. The van der Waals surface area contributed by atoms with Crippen LogP contribution in [0.3, 0.4) is 0 Å². The summed E-state index contributed by atoms with van der Waals surface area (Å²) in [5.74, 6) is -5.41. The van der Waals surface area contributed by atoms with E-state index in [-0.39, 0.29) is 0 Å². The molecule has 4 heteroatoms. The first-order valence-electron chi connectivity index (χ1n) is 3.05. The van der Waals surface area contributed by atoms with Crippen LogP contribution in [-0.2, 0) is 9.53 Å². The van der Waals surface area contributed by atoms with Crippen LogP contribution in [0.1, 0.15) is 12.8 Å². The highest BCUT2D eigenvalue weighted by Crippen LogP contribution is 2.43. The fourth-order valence-electron chi connectivity index (χ4n) is 0.749. The number of hydrogen-bond acceptors (Lipinski definition) is 2. The predicted molar refractivity (Wildman–Crippen MR) is 29.7 cm³/mol. The van der Waals surface area contributed by atoms with Crippen molar-refractivity contribution in [3.63, 3.8) is 0 Å². The largest absolute Gasteiger partial charge is 0.465 e. The SMILES string of the molecule is COC(=O)C(F)(F)C1CC1. The van der Waals surface area contributed by atoms with Crippen molar-refractivity contribution in [2.45, 2.75) is 18.8 Å². The Morgan fingerprint density at radius 1 is 1.60 bits per heavy atom. The van der Waals surface area contributed by atoms with E-state index in [0.717, 1.165) is 7.11 Å². The molecule has 0 aromatic rings. The van der Waals surface area contributed by atoms with Gasteiger partial charge in [0, 0.05) is 5.92 Å². The Balaban J connectivity index is 2.56. The van der Waals surface area contributed by atoms with Crippen LogP contribution >= 0.6 is 0 Å². The highest BCUT2D eigenvalue weighted by molar-refractivity contribution is 5.78. The molecule has 0 radical (unpaired) electrons. The van der Waals surface area contributed by atoms with Gasteiger partial charge in [-0.3, -0.25) is 0 Å². The smallest absolute Gasteiger partial charge is 0.377 e. The zero-order chi connectivity index (χ0) is 7.78. The number of hydrogen-bond donors (Lipinski definition) is 0. The van der Waals surface area contributed by atoms with Crippen molar-refractivity contribution in [3.05, 3.63) is 0 Å². The maximum Gasteiger partial charge on any atom is 0.377 e.